The molecule has 72 heavy (non-hydrogen) atoms. The fourth-order valence-corrected chi connectivity index (χ4v) is 11.6. The van der Waals surface area contributed by atoms with E-state index >= 15 is 8.78 Å². The van der Waals surface area contributed by atoms with Crippen molar-refractivity contribution >= 4 is 51.0 Å². The number of piperidine rings is 2. The molecule has 1 aliphatic carbocycles. The largest absolute Gasteiger partial charge is 0.388 e. The highest BCUT2D eigenvalue weighted by molar-refractivity contribution is 6.00. The molecule has 1 saturated carbocycles. The van der Waals surface area contributed by atoms with Gasteiger partial charge in [-0.1, -0.05) is 12.1 Å². The third-order valence-electron chi connectivity index (χ3n) is 15.8. The molecule has 2 atom stereocenters. The van der Waals surface area contributed by atoms with Crippen molar-refractivity contribution in [2.24, 2.45) is 13.0 Å². The Labute approximate surface area is 415 Å². The van der Waals surface area contributed by atoms with Crippen LogP contribution in [0.15, 0.2) is 82.7 Å². The average molecular weight is 982 g/mol. The Balaban J connectivity index is 0.672. The van der Waals surface area contributed by atoms with Crippen LogP contribution in [0.3, 0.4) is 0 Å². The van der Waals surface area contributed by atoms with Gasteiger partial charge in [0.15, 0.2) is 0 Å². The molecule has 4 fully saturated rings. The number of nitrogens with one attached hydrogen (secondary N) is 2. The molecule has 16 nitrogen and oxygen atoms in total. The summed E-state index contributed by atoms with van der Waals surface area (Å²) >= 11 is 0. The van der Waals surface area contributed by atoms with E-state index in [1.807, 2.05) is 52.6 Å². The van der Waals surface area contributed by atoms with Crippen molar-refractivity contribution in [2.45, 2.75) is 83.1 Å². The molecule has 1 unspecified atom stereocenters. The second kappa shape index (κ2) is 19.3. The molecule has 5 aliphatic rings. The van der Waals surface area contributed by atoms with Gasteiger partial charge in [-0.15, -0.1) is 0 Å². The van der Waals surface area contributed by atoms with Gasteiger partial charge in [-0.2, -0.15) is 0 Å². The predicted octanol–water partition coefficient (Wildman–Crippen LogP) is 5.82. The van der Waals surface area contributed by atoms with Crippen molar-refractivity contribution in [3.63, 3.8) is 0 Å². The zero-order valence-electron chi connectivity index (χ0n) is 41.1. The Morgan fingerprint density at radius 1 is 0.833 bits per heavy atom. The molecule has 0 bridgehead atoms. The van der Waals surface area contributed by atoms with Gasteiger partial charge in [-0.3, -0.25) is 52.9 Å². The summed E-state index contributed by atoms with van der Waals surface area (Å²) in [5.41, 5.74) is 6.09. The molecule has 18 heteroatoms. The highest BCUT2D eigenvalue weighted by atomic mass is 19.1. The predicted molar refractivity (Wildman–Crippen MR) is 271 cm³/mol. The van der Waals surface area contributed by atoms with Crippen LogP contribution in [-0.2, 0) is 29.7 Å². The monoisotopic (exact) mass is 981 g/mol. The summed E-state index contributed by atoms with van der Waals surface area (Å²) in [6.07, 6.45) is 9.76. The molecule has 0 radical (unpaired) electrons. The lowest BCUT2D eigenvalue weighted by Gasteiger charge is -2.42. The number of carbonyl (C=O) groups excluding carboxylic acids is 3. The number of carbonyl (C=O) groups is 3. The lowest BCUT2D eigenvalue weighted by atomic mass is 9.94. The summed E-state index contributed by atoms with van der Waals surface area (Å²) in [7, 11) is 3.72. The number of amides is 3. The Bertz CT molecular complexity index is 3260. The maximum absolute atomic E-state index is 15.9. The van der Waals surface area contributed by atoms with Crippen LogP contribution in [0.25, 0.3) is 33.3 Å². The number of likely N-dealkylation sites (tertiary alicyclic amines) is 1. The normalized spacial score (nSPS) is 20.9. The first-order valence-corrected chi connectivity index (χ1v) is 25.4. The van der Waals surface area contributed by atoms with E-state index in [1.54, 1.807) is 39.5 Å². The van der Waals surface area contributed by atoms with Gasteiger partial charge in [0.2, 0.25) is 11.8 Å². The summed E-state index contributed by atoms with van der Waals surface area (Å²) in [6.45, 7) is 9.28. The lowest BCUT2D eigenvalue weighted by Crippen LogP contribution is -2.53. The molecule has 2 N–H and O–H groups in total. The van der Waals surface area contributed by atoms with Crippen LogP contribution in [0.5, 0.6) is 0 Å². The molecule has 2 aromatic carbocycles. The fourth-order valence-electron chi connectivity index (χ4n) is 11.6. The van der Waals surface area contributed by atoms with E-state index in [9.17, 15) is 24.0 Å². The summed E-state index contributed by atoms with van der Waals surface area (Å²) in [5.74, 6) is -2.14. The van der Waals surface area contributed by atoms with Crippen LogP contribution in [0.1, 0.15) is 91.1 Å². The maximum atomic E-state index is 15.9. The van der Waals surface area contributed by atoms with Crippen LogP contribution >= 0.6 is 0 Å². The Morgan fingerprint density at radius 2 is 1.62 bits per heavy atom. The zero-order chi connectivity index (χ0) is 49.9. The molecule has 8 heterocycles. The van der Waals surface area contributed by atoms with E-state index in [0.717, 1.165) is 103 Å². The highest BCUT2D eigenvalue weighted by Crippen LogP contribution is 2.38. The van der Waals surface area contributed by atoms with Crippen molar-refractivity contribution in [1.82, 2.24) is 48.2 Å². The van der Waals surface area contributed by atoms with Crippen molar-refractivity contribution in [3.8, 4) is 5.69 Å². The van der Waals surface area contributed by atoms with Gasteiger partial charge >= 0.3 is 5.69 Å². The fraction of sp³-hybridized carbons (Fsp3) is 0.444. The molecule has 0 spiro atoms. The lowest BCUT2D eigenvalue weighted by molar-refractivity contribution is -0.135. The molecule has 4 aromatic heterocycles. The molecule has 376 valence electrons. The van der Waals surface area contributed by atoms with Gasteiger partial charge in [0, 0.05) is 144 Å². The molecular formula is C54H61F2N11O5. The third kappa shape index (κ3) is 9.08. The van der Waals surface area contributed by atoms with Crippen molar-refractivity contribution in [2.75, 3.05) is 64.7 Å². The number of aromatic nitrogens is 5. The number of fused-ring (bicyclic) bond motifs is 2. The number of aryl methyl sites for hydroxylation is 1. The van der Waals surface area contributed by atoms with Gasteiger partial charge in [0.1, 0.15) is 23.3 Å². The summed E-state index contributed by atoms with van der Waals surface area (Å²) in [6, 6.07) is 15.5. The minimum atomic E-state index is -0.728. The number of imidazole rings is 1. The van der Waals surface area contributed by atoms with Crippen molar-refractivity contribution < 1.29 is 23.2 Å². The molecule has 3 saturated heterocycles. The van der Waals surface area contributed by atoms with Crippen LogP contribution in [0.2, 0.25) is 0 Å². The first-order valence-electron chi connectivity index (χ1n) is 25.4. The minimum Gasteiger partial charge on any atom is -0.388 e. The summed E-state index contributed by atoms with van der Waals surface area (Å²) < 4.78 is 38.8. The van der Waals surface area contributed by atoms with E-state index in [4.69, 9.17) is 0 Å². The van der Waals surface area contributed by atoms with E-state index in [2.05, 4.69) is 43.3 Å². The number of halogens is 2. The van der Waals surface area contributed by atoms with Gasteiger partial charge in [0.05, 0.1) is 16.7 Å². The summed E-state index contributed by atoms with van der Waals surface area (Å²) in [4.78, 5) is 78.6. The van der Waals surface area contributed by atoms with Crippen LogP contribution in [0, 0.1) is 17.6 Å². The molecular weight excluding hydrogens is 921 g/mol. The third-order valence-corrected chi connectivity index (χ3v) is 15.8. The Hall–Kier alpha value is -6.76. The number of benzene rings is 2. The SMILES string of the molecule is CNc1ccn(-c2ccnc3c2cc(CN2CC=C(c4c(F)cc(C(=O)N5CCC(CN6CCN(Cc7ccc8c(c7)n(C7CC7)c(=O)n8C7CCC(=O)NC7=O)C[C@@H]6C)CC5)cc4F)CC2)n3C)c(=O)c1. The number of nitrogens with zero attached hydrogens (tertiary/aromatic N) is 9. The van der Waals surface area contributed by atoms with Crippen LogP contribution in [-0.4, -0.2) is 126 Å². The van der Waals surface area contributed by atoms with Gasteiger partial charge < -0.3 is 14.8 Å². The number of hydrogen-bond donors (Lipinski definition) is 2. The Morgan fingerprint density at radius 3 is 2.32 bits per heavy atom. The Kier molecular flexibility index (Phi) is 12.8. The average Bonchev–Trinajstić information content (AvgIpc) is 4.10. The quantitative estimate of drug-likeness (QED) is 0.144. The van der Waals surface area contributed by atoms with E-state index < -0.39 is 23.6 Å². The smallest absolute Gasteiger partial charge is 0.330 e. The highest BCUT2D eigenvalue weighted by Gasteiger charge is 2.36. The molecule has 11 rings (SSSR count). The second-order valence-corrected chi connectivity index (χ2v) is 20.5. The van der Waals surface area contributed by atoms with Gasteiger partial charge in [-0.25, -0.2) is 18.6 Å². The summed E-state index contributed by atoms with van der Waals surface area (Å²) in [5, 5.41) is 6.25. The van der Waals surface area contributed by atoms with Crippen LogP contribution in [0.4, 0.5) is 14.5 Å². The van der Waals surface area contributed by atoms with E-state index in [1.165, 1.54) is 12.1 Å². The van der Waals surface area contributed by atoms with E-state index in [0.29, 0.717) is 63.1 Å². The number of anilines is 1. The number of piperazine rings is 1. The van der Waals surface area contributed by atoms with E-state index in [-0.39, 0.29) is 46.7 Å². The van der Waals surface area contributed by atoms with Gasteiger partial charge in [-0.05, 0) is 105 Å². The number of hydrogen-bond acceptors (Lipinski definition) is 10. The van der Waals surface area contributed by atoms with Crippen LogP contribution < -0.4 is 21.9 Å². The van der Waals surface area contributed by atoms with Gasteiger partial charge in [0.25, 0.3) is 11.5 Å². The first-order chi connectivity index (χ1) is 34.8. The standard InChI is InChI=1S/C54H61F2N11O5/c1-33-29-62(30-35-4-7-45-47(24-35)66(39-5-6-39)54(72)67(45)46-8-9-48(68)59-52(46)70)22-23-64(33)31-34-11-19-63(20-12-34)53(71)37-25-42(55)50(43(56)26-37)36-13-17-61(18-14-36)32-40-28-41-44(10-16-58-51(41)60(40)3)65-21-15-38(57-2)27-49(65)69/h4,7,10,13,15-16,21,24-28,33-34,39,46,57H,5-6,8-9,11-12,14,17-20,22-23,29-32H2,1-3H3,(H,59,68,70)/t33-,46?/m0/s1. The molecule has 3 amide bonds. The first kappa shape index (κ1) is 47.6. The zero-order valence-corrected chi connectivity index (χ0v) is 41.1. The molecule has 6 aromatic rings. The maximum Gasteiger partial charge on any atom is 0.330 e. The van der Waals surface area contributed by atoms with Crippen molar-refractivity contribution in [1.29, 1.82) is 0 Å². The minimum absolute atomic E-state index is 0.0285. The second-order valence-electron chi connectivity index (χ2n) is 20.5. The number of pyridine rings is 2. The topological polar surface area (TPSA) is 155 Å². The number of imide groups is 1. The van der Waals surface area contributed by atoms with Crippen molar-refractivity contribution in [3.05, 3.63) is 128 Å². The number of rotatable bonds is 12. The molecule has 4 aliphatic heterocycles.